The SMILES string of the molecule is O=C(NCCc1ccccc1)NC1(C(=O)O)CCOCC1. The fourth-order valence-corrected chi connectivity index (χ4v) is 2.34. The summed E-state index contributed by atoms with van der Waals surface area (Å²) in [6.45, 7) is 1.15. The molecule has 0 aliphatic carbocycles. The summed E-state index contributed by atoms with van der Waals surface area (Å²) in [6.07, 6.45) is 1.28. The third-order valence-electron chi connectivity index (χ3n) is 3.65. The molecule has 0 bridgehead atoms. The van der Waals surface area contributed by atoms with E-state index in [0.717, 1.165) is 5.56 Å². The van der Waals surface area contributed by atoms with Crippen LogP contribution >= 0.6 is 0 Å². The molecule has 2 rings (SSSR count). The molecule has 0 spiro atoms. The first-order chi connectivity index (χ1) is 10.1. The Labute approximate surface area is 123 Å². The summed E-state index contributed by atoms with van der Waals surface area (Å²) in [5, 5.41) is 14.6. The largest absolute Gasteiger partial charge is 0.480 e. The van der Waals surface area contributed by atoms with E-state index in [4.69, 9.17) is 4.74 Å². The zero-order valence-electron chi connectivity index (χ0n) is 11.8. The van der Waals surface area contributed by atoms with Crippen molar-refractivity contribution in [1.82, 2.24) is 10.6 Å². The average molecular weight is 292 g/mol. The Morgan fingerprint density at radius 2 is 1.86 bits per heavy atom. The maximum atomic E-state index is 11.9. The van der Waals surface area contributed by atoms with Crippen LogP contribution in [-0.4, -0.2) is 42.4 Å². The lowest BCUT2D eigenvalue weighted by molar-refractivity contribution is -0.148. The van der Waals surface area contributed by atoms with Crippen molar-refractivity contribution in [3.63, 3.8) is 0 Å². The Morgan fingerprint density at radius 1 is 1.19 bits per heavy atom. The maximum Gasteiger partial charge on any atom is 0.329 e. The number of urea groups is 1. The summed E-state index contributed by atoms with van der Waals surface area (Å²) < 4.78 is 5.16. The molecule has 1 aromatic rings. The van der Waals surface area contributed by atoms with E-state index in [1.54, 1.807) is 0 Å². The van der Waals surface area contributed by atoms with Gasteiger partial charge >= 0.3 is 12.0 Å². The number of hydrogen-bond acceptors (Lipinski definition) is 3. The van der Waals surface area contributed by atoms with E-state index in [0.29, 0.717) is 26.2 Å². The molecule has 0 saturated carbocycles. The van der Waals surface area contributed by atoms with Crippen LogP contribution in [0, 0.1) is 0 Å². The monoisotopic (exact) mass is 292 g/mol. The first-order valence-electron chi connectivity index (χ1n) is 7.03. The van der Waals surface area contributed by atoms with Gasteiger partial charge in [-0.2, -0.15) is 0 Å². The molecule has 3 N–H and O–H groups in total. The topological polar surface area (TPSA) is 87.7 Å². The van der Waals surface area contributed by atoms with Gasteiger partial charge in [0.1, 0.15) is 5.54 Å². The Kier molecular flexibility index (Phi) is 5.16. The predicted octanol–water partition coefficient (Wildman–Crippen LogP) is 1.16. The molecule has 6 heteroatoms. The standard InChI is InChI=1S/C15H20N2O4/c18-13(19)15(7-10-21-11-8-15)17-14(20)16-9-6-12-4-2-1-3-5-12/h1-5H,6-11H2,(H,18,19)(H2,16,17,20). The number of hydrogen-bond donors (Lipinski definition) is 3. The summed E-state index contributed by atoms with van der Waals surface area (Å²) in [5.74, 6) is -1.01. The lowest BCUT2D eigenvalue weighted by atomic mass is 9.90. The number of carboxylic acids is 1. The highest BCUT2D eigenvalue weighted by molar-refractivity contribution is 5.86. The number of rotatable bonds is 5. The molecule has 1 saturated heterocycles. The van der Waals surface area contributed by atoms with Crippen LogP contribution in [0.1, 0.15) is 18.4 Å². The number of aliphatic carboxylic acids is 1. The van der Waals surface area contributed by atoms with Crippen LogP contribution in [0.3, 0.4) is 0 Å². The summed E-state index contributed by atoms with van der Waals surface area (Å²) in [7, 11) is 0. The summed E-state index contributed by atoms with van der Waals surface area (Å²) in [4.78, 5) is 23.3. The van der Waals surface area contributed by atoms with Crippen molar-refractivity contribution in [3.8, 4) is 0 Å². The smallest absolute Gasteiger partial charge is 0.329 e. The molecule has 0 aromatic heterocycles. The molecular weight excluding hydrogens is 272 g/mol. The second-order valence-corrected chi connectivity index (χ2v) is 5.12. The van der Waals surface area contributed by atoms with E-state index >= 15 is 0 Å². The molecule has 114 valence electrons. The van der Waals surface area contributed by atoms with E-state index < -0.39 is 17.5 Å². The van der Waals surface area contributed by atoms with Gasteiger partial charge in [-0.3, -0.25) is 0 Å². The van der Waals surface area contributed by atoms with Crippen LogP contribution in [0.2, 0.25) is 0 Å². The van der Waals surface area contributed by atoms with E-state index in [-0.39, 0.29) is 12.8 Å². The first-order valence-corrected chi connectivity index (χ1v) is 7.03. The quantitative estimate of drug-likeness (QED) is 0.760. The Morgan fingerprint density at radius 3 is 2.48 bits per heavy atom. The third-order valence-corrected chi connectivity index (χ3v) is 3.65. The fraction of sp³-hybridized carbons (Fsp3) is 0.467. The van der Waals surface area contributed by atoms with Gasteiger partial charge < -0.3 is 20.5 Å². The van der Waals surface area contributed by atoms with Crippen molar-refractivity contribution >= 4 is 12.0 Å². The van der Waals surface area contributed by atoms with E-state index in [2.05, 4.69) is 10.6 Å². The summed E-state index contributed by atoms with van der Waals surface area (Å²) in [5.41, 5.74) is -0.0912. The molecule has 0 atom stereocenters. The van der Waals surface area contributed by atoms with Gasteiger partial charge in [-0.25, -0.2) is 9.59 Å². The van der Waals surface area contributed by atoms with Crippen molar-refractivity contribution in [1.29, 1.82) is 0 Å². The molecule has 21 heavy (non-hydrogen) atoms. The lowest BCUT2D eigenvalue weighted by Crippen LogP contribution is -2.59. The number of nitrogens with one attached hydrogen (secondary N) is 2. The van der Waals surface area contributed by atoms with Crippen LogP contribution in [-0.2, 0) is 16.0 Å². The van der Waals surface area contributed by atoms with Crippen LogP contribution in [0.4, 0.5) is 4.79 Å². The van der Waals surface area contributed by atoms with Crippen molar-refractivity contribution in [2.75, 3.05) is 19.8 Å². The van der Waals surface area contributed by atoms with Gasteiger partial charge in [0.05, 0.1) is 0 Å². The molecule has 1 aromatic carbocycles. The third kappa shape index (κ3) is 4.19. The minimum absolute atomic E-state index is 0.286. The molecule has 6 nitrogen and oxygen atoms in total. The minimum atomic E-state index is -1.21. The predicted molar refractivity (Wildman–Crippen MR) is 77.1 cm³/mol. The van der Waals surface area contributed by atoms with Crippen molar-refractivity contribution in [3.05, 3.63) is 35.9 Å². The number of carbonyl (C=O) groups excluding carboxylic acids is 1. The van der Waals surface area contributed by atoms with Gasteiger partial charge in [0.2, 0.25) is 0 Å². The van der Waals surface area contributed by atoms with Crippen LogP contribution in [0.5, 0.6) is 0 Å². The number of ether oxygens (including phenoxy) is 1. The highest BCUT2D eigenvalue weighted by atomic mass is 16.5. The molecule has 2 amide bonds. The van der Waals surface area contributed by atoms with Gasteiger partial charge in [0.15, 0.2) is 0 Å². The molecule has 1 fully saturated rings. The van der Waals surface area contributed by atoms with Crippen molar-refractivity contribution in [2.45, 2.75) is 24.8 Å². The van der Waals surface area contributed by atoms with Gasteiger partial charge in [0.25, 0.3) is 0 Å². The molecule has 1 aliphatic rings. The maximum absolute atomic E-state index is 11.9. The molecule has 1 aliphatic heterocycles. The summed E-state index contributed by atoms with van der Waals surface area (Å²) in [6, 6.07) is 9.34. The minimum Gasteiger partial charge on any atom is -0.480 e. The number of amides is 2. The Hall–Kier alpha value is -2.08. The lowest BCUT2D eigenvalue weighted by Gasteiger charge is -2.33. The normalized spacial score (nSPS) is 17.0. The molecular formula is C15H20N2O4. The first kappa shape index (κ1) is 15.3. The average Bonchev–Trinajstić information content (AvgIpc) is 2.49. The second kappa shape index (κ2) is 7.08. The highest BCUT2D eigenvalue weighted by Gasteiger charge is 2.41. The fourth-order valence-electron chi connectivity index (χ4n) is 2.34. The zero-order chi connectivity index (χ0) is 15.1. The van der Waals surface area contributed by atoms with Crippen molar-refractivity contribution < 1.29 is 19.4 Å². The summed E-state index contributed by atoms with van der Waals surface area (Å²) >= 11 is 0. The van der Waals surface area contributed by atoms with Crippen LogP contribution < -0.4 is 10.6 Å². The number of carboxylic acid groups (broad SMARTS) is 1. The van der Waals surface area contributed by atoms with E-state index in [1.807, 2.05) is 30.3 Å². The van der Waals surface area contributed by atoms with Gasteiger partial charge in [0, 0.05) is 32.6 Å². The van der Waals surface area contributed by atoms with E-state index in [9.17, 15) is 14.7 Å². The van der Waals surface area contributed by atoms with Gasteiger partial charge in [-0.1, -0.05) is 30.3 Å². The molecule has 0 unspecified atom stereocenters. The molecule has 0 radical (unpaired) electrons. The van der Waals surface area contributed by atoms with Crippen LogP contribution in [0.25, 0.3) is 0 Å². The number of benzene rings is 1. The zero-order valence-corrected chi connectivity index (χ0v) is 11.8. The van der Waals surface area contributed by atoms with Crippen LogP contribution in [0.15, 0.2) is 30.3 Å². The number of carbonyl (C=O) groups is 2. The van der Waals surface area contributed by atoms with E-state index in [1.165, 1.54) is 0 Å². The van der Waals surface area contributed by atoms with Crippen molar-refractivity contribution in [2.24, 2.45) is 0 Å². The Balaban J connectivity index is 1.81. The Bertz CT molecular complexity index is 484. The van der Waals surface area contributed by atoms with Gasteiger partial charge in [-0.15, -0.1) is 0 Å². The molecule has 1 heterocycles. The highest BCUT2D eigenvalue weighted by Crippen LogP contribution is 2.20. The van der Waals surface area contributed by atoms with Gasteiger partial charge in [-0.05, 0) is 12.0 Å². The second-order valence-electron chi connectivity index (χ2n) is 5.12.